The van der Waals surface area contributed by atoms with Crippen LogP contribution in [0, 0.1) is 0 Å². The molecule has 0 bridgehead atoms. The molecule has 0 aliphatic carbocycles. The normalized spacial score (nSPS) is 10.2. The van der Waals surface area contributed by atoms with Gasteiger partial charge in [0.1, 0.15) is 11.4 Å². The number of carbonyl (C=O) groups is 1. The number of nitrogens with zero attached hydrogens (tertiary/aromatic N) is 2. The van der Waals surface area contributed by atoms with Crippen LogP contribution in [-0.4, -0.2) is 22.7 Å². The number of benzene rings is 1. The Labute approximate surface area is 98.8 Å². The van der Waals surface area contributed by atoms with Gasteiger partial charge < -0.3 is 10.5 Å². The molecule has 17 heavy (non-hydrogen) atoms. The summed E-state index contributed by atoms with van der Waals surface area (Å²) in [6.07, 6.45) is 1.57. The number of aryl methyl sites for hydroxylation is 1. The van der Waals surface area contributed by atoms with Crippen molar-refractivity contribution in [3.05, 3.63) is 41.7 Å². The molecule has 2 aromatic rings. The zero-order valence-electron chi connectivity index (χ0n) is 9.68. The first-order valence-corrected chi connectivity index (χ1v) is 5.10. The standard InChI is InChI=1S/C12H13N3O2/c1-15-9(6-7-14-15)12(16)8-4-3-5-10(17-2)11(8)13/h3-7H,13H2,1-2H3. The van der Waals surface area contributed by atoms with Gasteiger partial charge in [0.2, 0.25) is 5.78 Å². The van der Waals surface area contributed by atoms with E-state index in [1.807, 2.05) is 0 Å². The Balaban J connectivity index is 2.48. The SMILES string of the molecule is COc1cccc(C(=O)c2ccnn2C)c1N. The summed E-state index contributed by atoms with van der Waals surface area (Å²) >= 11 is 0. The van der Waals surface area contributed by atoms with Crippen molar-refractivity contribution in [1.82, 2.24) is 9.78 Å². The van der Waals surface area contributed by atoms with Crippen molar-refractivity contribution in [2.45, 2.75) is 0 Å². The van der Waals surface area contributed by atoms with Gasteiger partial charge in [0, 0.05) is 13.2 Å². The first-order chi connectivity index (χ1) is 8.15. The number of nitrogen functional groups attached to an aromatic ring is 1. The van der Waals surface area contributed by atoms with Crippen LogP contribution in [0.25, 0.3) is 0 Å². The first-order valence-electron chi connectivity index (χ1n) is 5.10. The molecule has 1 aromatic heterocycles. The molecule has 0 radical (unpaired) electrons. The van der Waals surface area contributed by atoms with Crippen LogP contribution in [0.15, 0.2) is 30.5 Å². The van der Waals surface area contributed by atoms with Crippen LogP contribution < -0.4 is 10.5 Å². The molecule has 88 valence electrons. The van der Waals surface area contributed by atoms with Gasteiger partial charge in [0.15, 0.2) is 0 Å². The molecular formula is C12H13N3O2. The fraction of sp³-hybridized carbons (Fsp3) is 0.167. The maximum Gasteiger partial charge on any atom is 0.213 e. The fourth-order valence-electron chi connectivity index (χ4n) is 1.65. The van der Waals surface area contributed by atoms with E-state index in [9.17, 15) is 4.79 Å². The smallest absolute Gasteiger partial charge is 0.213 e. The molecule has 0 spiro atoms. The topological polar surface area (TPSA) is 70.1 Å². The Bertz CT molecular complexity index is 561. The molecule has 2 N–H and O–H groups in total. The molecule has 5 heteroatoms. The number of hydrogen-bond acceptors (Lipinski definition) is 4. The molecule has 0 atom stereocenters. The molecule has 0 saturated heterocycles. The van der Waals surface area contributed by atoms with E-state index in [1.165, 1.54) is 11.8 Å². The Hall–Kier alpha value is -2.30. The zero-order chi connectivity index (χ0) is 12.4. The summed E-state index contributed by atoms with van der Waals surface area (Å²) in [4.78, 5) is 12.2. The molecule has 0 aliphatic heterocycles. The molecular weight excluding hydrogens is 218 g/mol. The van der Waals surface area contributed by atoms with Gasteiger partial charge in [-0.3, -0.25) is 9.48 Å². The highest BCUT2D eigenvalue weighted by Gasteiger charge is 2.17. The lowest BCUT2D eigenvalue weighted by molar-refractivity contribution is 0.103. The van der Waals surface area contributed by atoms with Gasteiger partial charge in [0.05, 0.1) is 18.4 Å². The molecule has 2 rings (SSSR count). The van der Waals surface area contributed by atoms with Crippen molar-refractivity contribution in [2.24, 2.45) is 7.05 Å². The summed E-state index contributed by atoms with van der Waals surface area (Å²) in [5.41, 5.74) is 7.14. The van der Waals surface area contributed by atoms with Crippen LogP contribution in [-0.2, 0) is 7.05 Å². The average molecular weight is 231 g/mol. The monoisotopic (exact) mass is 231 g/mol. The Kier molecular flexibility index (Phi) is 2.82. The highest BCUT2D eigenvalue weighted by atomic mass is 16.5. The van der Waals surface area contributed by atoms with E-state index in [0.717, 1.165) is 0 Å². The molecule has 0 aliphatic rings. The van der Waals surface area contributed by atoms with E-state index in [2.05, 4.69) is 5.10 Å². The average Bonchev–Trinajstić information content (AvgIpc) is 2.75. The summed E-state index contributed by atoms with van der Waals surface area (Å²) < 4.78 is 6.60. The fourth-order valence-corrected chi connectivity index (χ4v) is 1.65. The van der Waals surface area contributed by atoms with E-state index in [0.29, 0.717) is 22.7 Å². The second-order valence-corrected chi connectivity index (χ2v) is 3.59. The number of nitrogens with two attached hydrogens (primary N) is 1. The number of rotatable bonds is 3. The highest BCUT2D eigenvalue weighted by Crippen LogP contribution is 2.26. The van der Waals surface area contributed by atoms with Crippen molar-refractivity contribution < 1.29 is 9.53 Å². The molecule has 0 saturated carbocycles. The van der Waals surface area contributed by atoms with Crippen molar-refractivity contribution in [2.75, 3.05) is 12.8 Å². The lowest BCUT2D eigenvalue weighted by Gasteiger charge is -2.09. The minimum absolute atomic E-state index is 0.165. The van der Waals surface area contributed by atoms with Gasteiger partial charge in [-0.2, -0.15) is 5.10 Å². The number of ketones is 1. The largest absolute Gasteiger partial charge is 0.495 e. The molecule has 1 aromatic carbocycles. The summed E-state index contributed by atoms with van der Waals surface area (Å²) in [5, 5.41) is 3.96. The number of anilines is 1. The maximum atomic E-state index is 12.2. The van der Waals surface area contributed by atoms with Crippen molar-refractivity contribution in [1.29, 1.82) is 0 Å². The van der Waals surface area contributed by atoms with Crippen LogP contribution in [0.2, 0.25) is 0 Å². The third-order valence-corrected chi connectivity index (χ3v) is 2.58. The van der Waals surface area contributed by atoms with Crippen LogP contribution in [0.4, 0.5) is 5.69 Å². The Morgan fingerprint density at radius 2 is 2.18 bits per heavy atom. The lowest BCUT2D eigenvalue weighted by atomic mass is 10.1. The predicted octanol–water partition coefficient (Wildman–Crippen LogP) is 1.24. The van der Waals surface area contributed by atoms with Crippen LogP contribution >= 0.6 is 0 Å². The Morgan fingerprint density at radius 3 is 2.76 bits per heavy atom. The highest BCUT2D eigenvalue weighted by molar-refractivity contribution is 6.11. The second kappa shape index (κ2) is 4.29. The van der Waals surface area contributed by atoms with E-state index < -0.39 is 0 Å². The quantitative estimate of drug-likeness (QED) is 0.637. The lowest BCUT2D eigenvalue weighted by Crippen LogP contribution is -2.11. The minimum atomic E-state index is -0.165. The third-order valence-electron chi connectivity index (χ3n) is 2.58. The number of hydrogen-bond donors (Lipinski definition) is 1. The Morgan fingerprint density at radius 1 is 1.41 bits per heavy atom. The van der Waals surface area contributed by atoms with E-state index in [-0.39, 0.29) is 5.78 Å². The van der Waals surface area contributed by atoms with Crippen molar-refractivity contribution >= 4 is 11.5 Å². The predicted molar refractivity (Wildman–Crippen MR) is 64.0 cm³/mol. The van der Waals surface area contributed by atoms with Gasteiger partial charge in [-0.15, -0.1) is 0 Å². The minimum Gasteiger partial charge on any atom is -0.495 e. The number of aromatic nitrogens is 2. The van der Waals surface area contributed by atoms with Gasteiger partial charge in [-0.1, -0.05) is 6.07 Å². The van der Waals surface area contributed by atoms with Crippen molar-refractivity contribution in [3.63, 3.8) is 0 Å². The van der Waals surface area contributed by atoms with E-state index in [1.54, 1.807) is 37.5 Å². The number of para-hydroxylation sites is 1. The summed E-state index contributed by atoms with van der Waals surface area (Å²) in [7, 11) is 3.23. The van der Waals surface area contributed by atoms with Crippen LogP contribution in [0.1, 0.15) is 16.1 Å². The van der Waals surface area contributed by atoms with E-state index in [4.69, 9.17) is 10.5 Å². The first kappa shape index (κ1) is 11.2. The molecule has 1 heterocycles. The van der Waals surface area contributed by atoms with Gasteiger partial charge in [0.25, 0.3) is 0 Å². The van der Waals surface area contributed by atoms with Gasteiger partial charge in [-0.25, -0.2) is 0 Å². The maximum absolute atomic E-state index is 12.2. The van der Waals surface area contributed by atoms with Gasteiger partial charge in [-0.05, 0) is 18.2 Å². The zero-order valence-corrected chi connectivity index (χ0v) is 9.68. The van der Waals surface area contributed by atoms with Crippen LogP contribution in [0.3, 0.4) is 0 Å². The van der Waals surface area contributed by atoms with Crippen LogP contribution in [0.5, 0.6) is 5.75 Å². The molecule has 0 fully saturated rings. The van der Waals surface area contributed by atoms with Gasteiger partial charge >= 0.3 is 0 Å². The molecule has 0 unspecified atom stereocenters. The second-order valence-electron chi connectivity index (χ2n) is 3.59. The molecule has 0 amide bonds. The number of carbonyl (C=O) groups excluding carboxylic acids is 1. The summed E-state index contributed by atoms with van der Waals surface area (Å²) in [6.45, 7) is 0. The third kappa shape index (κ3) is 1.87. The summed E-state index contributed by atoms with van der Waals surface area (Å²) in [6, 6.07) is 6.78. The number of methoxy groups -OCH3 is 1. The molecule has 5 nitrogen and oxygen atoms in total. The van der Waals surface area contributed by atoms with E-state index >= 15 is 0 Å². The number of ether oxygens (including phenoxy) is 1. The van der Waals surface area contributed by atoms with Crippen molar-refractivity contribution in [3.8, 4) is 5.75 Å². The summed E-state index contributed by atoms with van der Waals surface area (Å²) in [5.74, 6) is 0.333.